The van der Waals surface area contributed by atoms with Crippen molar-refractivity contribution in [2.75, 3.05) is 0 Å². The number of amides is 1. The van der Waals surface area contributed by atoms with Gasteiger partial charge in [0.05, 0.1) is 17.3 Å². The van der Waals surface area contributed by atoms with Crippen molar-refractivity contribution in [3.8, 4) is 0 Å². The molecule has 1 aromatic carbocycles. The molecule has 0 aliphatic rings. The molecule has 0 atom stereocenters. The van der Waals surface area contributed by atoms with Gasteiger partial charge >= 0.3 is 0 Å². The van der Waals surface area contributed by atoms with Crippen LogP contribution in [0, 0.1) is 0 Å². The highest BCUT2D eigenvalue weighted by molar-refractivity contribution is 5.92. The summed E-state index contributed by atoms with van der Waals surface area (Å²) in [6.07, 6.45) is 8.99. The van der Waals surface area contributed by atoms with Gasteiger partial charge in [0.1, 0.15) is 0 Å². The summed E-state index contributed by atoms with van der Waals surface area (Å²) < 4.78 is 4.04. The summed E-state index contributed by atoms with van der Waals surface area (Å²) in [7, 11) is 0. The maximum Gasteiger partial charge on any atom is 0.249 e. The van der Waals surface area contributed by atoms with E-state index in [4.69, 9.17) is 10.9 Å². The third-order valence-electron chi connectivity index (χ3n) is 4.09. The quantitative estimate of drug-likeness (QED) is 0.304. The highest BCUT2D eigenvalue weighted by atomic mass is 16.4. The molecule has 26 heavy (non-hydrogen) atoms. The lowest BCUT2D eigenvalue weighted by Crippen LogP contribution is -2.37. The molecule has 0 bridgehead atoms. The number of aromatic nitrogens is 2. The van der Waals surface area contributed by atoms with Crippen molar-refractivity contribution in [3.63, 3.8) is 0 Å². The summed E-state index contributed by atoms with van der Waals surface area (Å²) in [5.41, 5.74) is 8.96. The number of carbonyl (C=O) groups is 1. The second-order valence-electron chi connectivity index (χ2n) is 5.95. The molecule has 6 heteroatoms. The summed E-state index contributed by atoms with van der Waals surface area (Å²) in [6.45, 7) is 1.39. The Morgan fingerprint density at radius 2 is 1.62 bits per heavy atom. The Morgan fingerprint density at radius 1 is 0.962 bits per heavy atom. The van der Waals surface area contributed by atoms with Gasteiger partial charge in [-0.05, 0) is 6.07 Å². The fraction of sp³-hybridized carbons (Fsp3) is 0.100. The van der Waals surface area contributed by atoms with E-state index in [0.717, 1.165) is 5.56 Å². The van der Waals surface area contributed by atoms with Crippen LogP contribution in [0.4, 0.5) is 0 Å². The summed E-state index contributed by atoms with van der Waals surface area (Å²) in [4.78, 5) is 11.2. The first-order chi connectivity index (χ1) is 12.7. The molecule has 0 saturated heterocycles. The monoisotopic (exact) mass is 348 g/mol. The van der Waals surface area contributed by atoms with Gasteiger partial charge < -0.3 is 10.9 Å². The molecule has 3 aromatic rings. The second kappa shape index (κ2) is 8.02. The van der Waals surface area contributed by atoms with Gasteiger partial charge in [-0.25, -0.2) is 9.13 Å². The first-order valence-electron chi connectivity index (χ1n) is 8.18. The van der Waals surface area contributed by atoms with E-state index in [-0.39, 0.29) is 0 Å². The first-order valence-corrected chi connectivity index (χ1v) is 8.18. The average molecular weight is 348 g/mol. The Labute approximate surface area is 151 Å². The fourth-order valence-corrected chi connectivity index (χ4v) is 2.77. The van der Waals surface area contributed by atoms with Gasteiger partial charge in [0.25, 0.3) is 0 Å². The minimum atomic E-state index is -0.430. The van der Waals surface area contributed by atoms with Crippen LogP contribution in [0.1, 0.15) is 27.0 Å². The van der Waals surface area contributed by atoms with Gasteiger partial charge in [0.2, 0.25) is 5.91 Å². The third kappa shape index (κ3) is 4.30. The van der Waals surface area contributed by atoms with Crippen LogP contribution < -0.4 is 14.9 Å². The number of nitrogens with zero attached hydrogens (tertiary/aromatic N) is 3. The van der Waals surface area contributed by atoms with Crippen molar-refractivity contribution in [1.82, 2.24) is 0 Å². The third-order valence-corrected chi connectivity index (χ3v) is 4.09. The Balaban J connectivity index is 1.82. The molecular formula is C20H20N4O2+2. The van der Waals surface area contributed by atoms with Crippen molar-refractivity contribution in [2.45, 2.75) is 13.1 Å². The van der Waals surface area contributed by atoms with E-state index in [1.54, 1.807) is 12.1 Å². The van der Waals surface area contributed by atoms with Gasteiger partial charge in [-0.2, -0.15) is 0 Å². The molecule has 0 unspecified atom stereocenters. The Hall–Kier alpha value is -3.54. The zero-order valence-corrected chi connectivity index (χ0v) is 14.2. The maximum atomic E-state index is 11.2. The molecule has 3 N–H and O–H groups in total. The van der Waals surface area contributed by atoms with E-state index in [0.29, 0.717) is 18.7 Å². The van der Waals surface area contributed by atoms with E-state index in [1.807, 2.05) is 58.2 Å². The van der Waals surface area contributed by atoms with E-state index in [9.17, 15) is 4.79 Å². The number of nitrogens with two attached hydrogens (primary N) is 1. The molecule has 2 aromatic heterocycles. The number of carbonyl (C=O) groups excluding carboxylic acids is 1. The number of pyridine rings is 2. The van der Waals surface area contributed by atoms with Crippen molar-refractivity contribution >= 4 is 12.1 Å². The largest absolute Gasteiger partial charge is 0.411 e. The van der Waals surface area contributed by atoms with Crippen molar-refractivity contribution in [1.29, 1.82) is 0 Å². The highest BCUT2D eigenvalue weighted by Gasteiger charge is 2.12. The van der Waals surface area contributed by atoms with Crippen LogP contribution in [0.15, 0.2) is 78.5 Å². The molecule has 2 heterocycles. The van der Waals surface area contributed by atoms with Gasteiger partial charge in [-0.3, -0.25) is 4.79 Å². The lowest BCUT2D eigenvalue weighted by atomic mass is 10.1. The van der Waals surface area contributed by atoms with E-state index in [2.05, 4.69) is 17.3 Å². The van der Waals surface area contributed by atoms with Crippen molar-refractivity contribution in [2.24, 2.45) is 10.9 Å². The van der Waals surface area contributed by atoms with Crippen molar-refractivity contribution in [3.05, 3.63) is 95.6 Å². The van der Waals surface area contributed by atoms with Gasteiger partial charge in [-0.1, -0.05) is 29.4 Å². The van der Waals surface area contributed by atoms with E-state index >= 15 is 0 Å². The predicted octanol–water partition coefficient (Wildman–Crippen LogP) is 1.27. The number of oxime groups is 1. The average Bonchev–Trinajstić information content (AvgIpc) is 2.64. The van der Waals surface area contributed by atoms with Gasteiger partial charge in [0.15, 0.2) is 37.9 Å². The molecule has 0 radical (unpaired) electrons. The van der Waals surface area contributed by atoms with Crippen LogP contribution in [0.3, 0.4) is 0 Å². The van der Waals surface area contributed by atoms with Crippen LogP contribution in [0.25, 0.3) is 0 Å². The first kappa shape index (κ1) is 17.3. The lowest BCUT2D eigenvalue weighted by Gasteiger charge is -2.05. The standard InChI is InChI=1S/C20H18N4O2/c21-20(25)17-7-10-23(11-8-17)14-18-5-1-2-6-19(18)15-24-9-3-4-16(13-24)12-22-26/h1-13H,14-15H2,(H-2,21,25,26)/p+2/b22-12+. The Morgan fingerprint density at radius 3 is 2.23 bits per heavy atom. The van der Waals surface area contributed by atoms with Crippen LogP contribution in [0.5, 0.6) is 0 Å². The lowest BCUT2D eigenvalue weighted by molar-refractivity contribution is -0.693. The minimum absolute atomic E-state index is 0.430. The van der Waals surface area contributed by atoms with Crippen molar-refractivity contribution < 1.29 is 19.1 Å². The normalized spacial score (nSPS) is 10.9. The van der Waals surface area contributed by atoms with Crippen LogP contribution in [0.2, 0.25) is 0 Å². The predicted molar refractivity (Wildman–Crippen MR) is 95.8 cm³/mol. The van der Waals surface area contributed by atoms with Gasteiger partial charge in [-0.15, -0.1) is 0 Å². The number of hydrogen-bond donors (Lipinski definition) is 2. The molecule has 0 fully saturated rings. The molecular weight excluding hydrogens is 328 g/mol. The molecule has 3 rings (SSSR count). The molecule has 6 nitrogen and oxygen atoms in total. The smallest absolute Gasteiger partial charge is 0.249 e. The molecule has 0 spiro atoms. The van der Waals surface area contributed by atoms with Crippen LogP contribution in [-0.4, -0.2) is 17.3 Å². The number of hydrogen-bond acceptors (Lipinski definition) is 3. The zero-order valence-electron chi connectivity index (χ0n) is 14.2. The summed E-state index contributed by atoms with van der Waals surface area (Å²) >= 11 is 0. The SMILES string of the molecule is NC(=O)c1cc[n+](Cc2ccccc2C[n+]2cccc(/C=N/O)c2)cc1. The second-order valence-corrected chi connectivity index (χ2v) is 5.95. The molecule has 1 amide bonds. The summed E-state index contributed by atoms with van der Waals surface area (Å²) in [5.74, 6) is -0.430. The molecule has 0 aliphatic heterocycles. The Kier molecular flexibility index (Phi) is 5.34. The Bertz CT molecular complexity index is 937. The molecule has 0 aliphatic carbocycles. The zero-order chi connectivity index (χ0) is 18.4. The van der Waals surface area contributed by atoms with Crippen LogP contribution in [-0.2, 0) is 13.1 Å². The number of primary amides is 1. The number of benzene rings is 1. The minimum Gasteiger partial charge on any atom is -0.411 e. The van der Waals surface area contributed by atoms with E-state index in [1.165, 1.54) is 17.3 Å². The number of rotatable bonds is 6. The van der Waals surface area contributed by atoms with Crippen LogP contribution >= 0.6 is 0 Å². The topological polar surface area (TPSA) is 83.4 Å². The van der Waals surface area contributed by atoms with E-state index < -0.39 is 5.91 Å². The summed E-state index contributed by atoms with van der Waals surface area (Å²) in [6, 6.07) is 15.4. The maximum absolute atomic E-state index is 11.2. The fourth-order valence-electron chi connectivity index (χ4n) is 2.77. The molecule has 130 valence electrons. The van der Waals surface area contributed by atoms with Gasteiger partial charge in [0, 0.05) is 29.3 Å². The molecule has 0 saturated carbocycles. The summed E-state index contributed by atoms with van der Waals surface area (Å²) in [5, 5.41) is 11.8. The highest BCUT2D eigenvalue weighted by Crippen LogP contribution is 2.08.